The van der Waals surface area contributed by atoms with Crippen LogP contribution in [-0.2, 0) is 43.9 Å². The smallest absolute Gasteiger partial charge is 0.241 e. The van der Waals surface area contributed by atoms with Gasteiger partial charge in [0.15, 0.2) is 11.4 Å². The third-order valence-corrected chi connectivity index (χ3v) is 11.0. The van der Waals surface area contributed by atoms with Crippen LogP contribution in [0, 0.1) is 6.92 Å². The second-order valence-corrected chi connectivity index (χ2v) is 15.0. The predicted octanol–water partition coefficient (Wildman–Crippen LogP) is 5.82. The number of rotatable bonds is 14. The Morgan fingerprint density at radius 3 is 2.20 bits per heavy atom. The van der Waals surface area contributed by atoms with Crippen molar-refractivity contribution in [1.29, 1.82) is 0 Å². The summed E-state index contributed by atoms with van der Waals surface area (Å²) in [5, 5.41) is 13.1. The number of sulfonamides is 1. The molecular weight excluding hydrogens is 685 g/mol. The third-order valence-electron chi connectivity index (χ3n) is 8.50. The Labute approximate surface area is 302 Å². The third kappa shape index (κ3) is 10.1. The minimum Gasteiger partial charge on any atom is -0.392 e. The number of hydrogen-bond donors (Lipinski definition) is 3. The van der Waals surface area contributed by atoms with E-state index in [0.29, 0.717) is 17.3 Å². The second-order valence-electron chi connectivity index (χ2n) is 12.3. The molecule has 0 aliphatic carbocycles. The number of aromatic nitrogens is 2. The van der Waals surface area contributed by atoms with Gasteiger partial charge in [0.1, 0.15) is 6.04 Å². The van der Waals surface area contributed by atoms with Gasteiger partial charge in [0.05, 0.1) is 23.7 Å². The Bertz CT molecular complexity index is 1970. The van der Waals surface area contributed by atoms with Crippen molar-refractivity contribution in [2.45, 2.75) is 67.5 Å². The summed E-state index contributed by atoms with van der Waals surface area (Å²) in [5.41, 5.74) is 5.23. The van der Waals surface area contributed by atoms with Gasteiger partial charge in [-0.3, -0.25) is 4.79 Å². The second kappa shape index (κ2) is 17.2. The van der Waals surface area contributed by atoms with E-state index < -0.39 is 28.3 Å². The Balaban J connectivity index is 1.13. The summed E-state index contributed by atoms with van der Waals surface area (Å²) in [6.45, 7) is 2.04. The van der Waals surface area contributed by atoms with Gasteiger partial charge in [0.25, 0.3) is 0 Å². The van der Waals surface area contributed by atoms with Crippen molar-refractivity contribution in [2.75, 3.05) is 5.75 Å². The molecule has 0 radical (unpaired) electrons. The summed E-state index contributed by atoms with van der Waals surface area (Å²) in [5.74, 6) is 0.201. The molecule has 1 aliphatic heterocycles. The lowest BCUT2D eigenvalue weighted by Crippen LogP contribution is -2.47. The van der Waals surface area contributed by atoms with Gasteiger partial charge in [-0.05, 0) is 53.8 Å². The summed E-state index contributed by atoms with van der Waals surface area (Å²) < 4.78 is 42.0. The molecule has 4 atom stereocenters. The molecular formula is C39H40N4O6S2. The quantitative estimate of drug-likeness (QED) is 0.0955. The van der Waals surface area contributed by atoms with Gasteiger partial charge < -0.3 is 19.9 Å². The molecule has 3 N–H and O–H groups in total. The number of hydrogen-bond acceptors (Lipinski definition) is 9. The van der Waals surface area contributed by atoms with Crippen molar-refractivity contribution in [1.82, 2.24) is 20.0 Å². The van der Waals surface area contributed by atoms with Gasteiger partial charge in [-0.15, -0.1) is 0 Å². The standard InChI is InChI=1S/C39H40N4O6S2/c1-27-8-18-34(19-9-27)51(46,47)43-35(22-28-6-3-2-4-7-28)37(45)42-24-29-10-16-32(17-11-29)38-48-33(26-50-39-40-20-5-21-41-39)23-36(49-38)31-14-12-30(25-44)13-15-31/h2-21,33,35-36,38,43-44H,22-26H2,1H3,(H,42,45). The topological polar surface area (TPSA) is 140 Å². The molecule has 4 aromatic carbocycles. The summed E-state index contributed by atoms with van der Waals surface area (Å²) >= 11 is 1.53. The highest BCUT2D eigenvalue weighted by atomic mass is 32.2. The highest BCUT2D eigenvalue weighted by molar-refractivity contribution is 7.99. The maximum absolute atomic E-state index is 13.5. The molecule has 10 nitrogen and oxygen atoms in total. The van der Waals surface area contributed by atoms with Crippen molar-refractivity contribution in [3.05, 3.63) is 155 Å². The summed E-state index contributed by atoms with van der Waals surface area (Å²) in [6, 6.07) is 31.9. The molecule has 2 heterocycles. The fraction of sp³-hybridized carbons (Fsp3) is 0.256. The minimum absolute atomic E-state index is 0.0303. The molecule has 0 bridgehead atoms. The van der Waals surface area contributed by atoms with E-state index in [-0.39, 0.29) is 36.7 Å². The number of thioether (sulfide) groups is 1. The lowest BCUT2D eigenvalue weighted by Gasteiger charge is -2.36. The van der Waals surface area contributed by atoms with Gasteiger partial charge in [-0.2, -0.15) is 4.72 Å². The molecule has 0 spiro atoms. The van der Waals surface area contributed by atoms with Crippen molar-refractivity contribution in [2.24, 2.45) is 0 Å². The van der Waals surface area contributed by atoms with Crippen molar-refractivity contribution in [3.8, 4) is 0 Å². The number of aliphatic hydroxyl groups is 1. The van der Waals surface area contributed by atoms with E-state index in [1.165, 1.54) is 23.9 Å². The molecule has 12 heteroatoms. The lowest BCUT2D eigenvalue weighted by molar-refractivity contribution is -0.245. The SMILES string of the molecule is Cc1ccc(S(=O)(=O)NC(Cc2ccccc2)C(=O)NCc2ccc(C3OC(CSc4ncccn4)CC(c4ccc(CO)cc4)O3)cc2)cc1. The molecule has 1 fully saturated rings. The molecule has 4 unspecified atom stereocenters. The highest BCUT2D eigenvalue weighted by Crippen LogP contribution is 2.39. The highest BCUT2D eigenvalue weighted by Gasteiger charge is 2.32. The van der Waals surface area contributed by atoms with Crippen LogP contribution in [0.3, 0.4) is 0 Å². The Morgan fingerprint density at radius 1 is 0.843 bits per heavy atom. The van der Waals surface area contributed by atoms with E-state index in [1.54, 1.807) is 30.6 Å². The first kappa shape index (κ1) is 36.4. The number of nitrogens with zero attached hydrogens (tertiary/aromatic N) is 2. The largest absolute Gasteiger partial charge is 0.392 e. The maximum atomic E-state index is 13.5. The summed E-state index contributed by atoms with van der Waals surface area (Å²) in [6.07, 6.45) is 3.23. The molecule has 1 amide bonds. The number of nitrogens with one attached hydrogen (secondary N) is 2. The first-order chi connectivity index (χ1) is 24.8. The van der Waals surface area contributed by atoms with Crippen LogP contribution < -0.4 is 10.0 Å². The van der Waals surface area contributed by atoms with Gasteiger partial charge in [0, 0.05) is 36.7 Å². The molecule has 6 rings (SSSR count). The number of carbonyl (C=O) groups excluding carboxylic acids is 1. The molecule has 1 aromatic heterocycles. The monoisotopic (exact) mass is 724 g/mol. The van der Waals surface area contributed by atoms with Crippen LogP contribution in [0.15, 0.2) is 132 Å². The lowest BCUT2D eigenvalue weighted by atomic mass is 10.0. The molecule has 1 aliphatic rings. The number of amides is 1. The van der Waals surface area contributed by atoms with E-state index in [4.69, 9.17) is 9.47 Å². The number of carbonyl (C=O) groups is 1. The van der Waals surface area contributed by atoms with E-state index >= 15 is 0 Å². The molecule has 5 aromatic rings. The van der Waals surface area contributed by atoms with Crippen molar-refractivity contribution in [3.63, 3.8) is 0 Å². The van der Waals surface area contributed by atoms with Crippen molar-refractivity contribution >= 4 is 27.7 Å². The zero-order valence-corrected chi connectivity index (χ0v) is 29.7. The average Bonchev–Trinajstić information content (AvgIpc) is 3.17. The number of benzene rings is 4. The number of ether oxygens (including phenoxy) is 2. The average molecular weight is 725 g/mol. The summed E-state index contributed by atoms with van der Waals surface area (Å²) in [7, 11) is -3.95. The maximum Gasteiger partial charge on any atom is 0.241 e. The zero-order valence-electron chi connectivity index (χ0n) is 28.1. The zero-order chi connectivity index (χ0) is 35.6. The van der Waals surface area contributed by atoms with Gasteiger partial charge >= 0.3 is 0 Å². The van der Waals surface area contributed by atoms with Gasteiger partial charge in [-0.25, -0.2) is 18.4 Å². The van der Waals surface area contributed by atoms with Crippen LogP contribution in [0.25, 0.3) is 0 Å². The van der Waals surface area contributed by atoms with E-state index in [9.17, 15) is 18.3 Å². The summed E-state index contributed by atoms with van der Waals surface area (Å²) in [4.78, 5) is 22.2. The van der Waals surface area contributed by atoms with Crippen LogP contribution in [0.1, 0.15) is 52.2 Å². The number of aryl methyl sites for hydroxylation is 1. The van der Waals surface area contributed by atoms with Crippen molar-refractivity contribution < 1.29 is 27.8 Å². The molecule has 0 saturated carbocycles. The van der Waals surface area contributed by atoms with E-state index in [1.807, 2.05) is 85.8 Å². The van der Waals surface area contributed by atoms with Crippen LogP contribution in [0.4, 0.5) is 0 Å². The van der Waals surface area contributed by atoms with Crippen LogP contribution in [-0.4, -0.2) is 47.3 Å². The molecule has 264 valence electrons. The van der Waals surface area contributed by atoms with E-state index in [0.717, 1.165) is 33.4 Å². The molecule has 51 heavy (non-hydrogen) atoms. The van der Waals surface area contributed by atoms with Crippen LogP contribution in [0.2, 0.25) is 0 Å². The first-order valence-electron chi connectivity index (χ1n) is 16.7. The fourth-order valence-electron chi connectivity index (χ4n) is 5.67. The Morgan fingerprint density at radius 2 is 1.51 bits per heavy atom. The molecule has 1 saturated heterocycles. The van der Waals surface area contributed by atoms with Crippen LogP contribution in [0.5, 0.6) is 0 Å². The van der Waals surface area contributed by atoms with Crippen LogP contribution >= 0.6 is 11.8 Å². The van der Waals surface area contributed by atoms with E-state index in [2.05, 4.69) is 20.0 Å². The Hall–Kier alpha value is -4.43. The van der Waals surface area contributed by atoms with Gasteiger partial charge in [0.2, 0.25) is 15.9 Å². The predicted molar refractivity (Wildman–Crippen MR) is 195 cm³/mol. The minimum atomic E-state index is -3.95. The van der Waals surface area contributed by atoms with Gasteiger partial charge in [-0.1, -0.05) is 108 Å². The Kier molecular flexibility index (Phi) is 12.3. The fourth-order valence-corrected chi connectivity index (χ4v) is 7.68. The number of aliphatic hydroxyl groups excluding tert-OH is 1. The normalized spacial score (nSPS) is 18.2. The first-order valence-corrected chi connectivity index (χ1v) is 19.1.